The monoisotopic (exact) mass is 421 g/mol. The molecular weight excluding hydrogens is 398 g/mol. The maximum atomic E-state index is 13.2. The lowest BCUT2D eigenvalue weighted by atomic mass is 9.93. The predicted octanol–water partition coefficient (Wildman–Crippen LogP) is 4.08. The summed E-state index contributed by atoms with van der Waals surface area (Å²) in [5.74, 6) is 1.54. The molecule has 1 fully saturated rings. The van der Waals surface area contributed by atoms with Gasteiger partial charge in [-0.15, -0.1) is 10.2 Å². The van der Waals surface area contributed by atoms with Gasteiger partial charge in [-0.05, 0) is 43.9 Å². The molecule has 0 N–H and O–H groups in total. The first-order chi connectivity index (χ1) is 14.4. The van der Waals surface area contributed by atoms with E-state index in [9.17, 15) is 8.42 Å². The standard InChI is InChI=1S/C22H23N5O2S/c1-4-16-11-15(3)12-18(16)21-25-24-20-13-23-22-19(27(20)21)9-10-26(22)30(28,29)17-7-5-14(2)6-8-17/h5-10,13,16,18H,3-4,11-12H2,1-2H3. The molecule has 0 saturated heterocycles. The summed E-state index contributed by atoms with van der Waals surface area (Å²) in [5.41, 5.74) is 3.91. The van der Waals surface area contributed by atoms with Gasteiger partial charge >= 0.3 is 0 Å². The number of aromatic nitrogens is 5. The second-order valence-electron chi connectivity index (χ2n) is 8.08. The summed E-state index contributed by atoms with van der Waals surface area (Å²) in [6, 6.07) is 8.60. The minimum atomic E-state index is -3.76. The SMILES string of the molecule is C=C1CC(CC)C(c2nnc3cnc4c(ccn4S(=O)(=O)c4ccc(C)cc4)n23)C1. The van der Waals surface area contributed by atoms with E-state index < -0.39 is 10.0 Å². The normalized spacial score (nSPS) is 19.9. The fourth-order valence-electron chi connectivity index (χ4n) is 4.52. The second kappa shape index (κ2) is 6.77. The lowest BCUT2D eigenvalue weighted by molar-refractivity contribution is 0.452. The summed E-state index contributed by atoms with van der Waals surface area (Å²) in [6.45, 7) is 8.28. The molecule has 4 aromatic rings. The summed E-state index contributed by atoms with van der Waals surface area (Å²) in [5, 5.41) is 8.78. The summed E-state index contributed by atoms with van der Waals surface area (Å²) in [4.78, 5) is 4.65. The minimum Gasteiger partial charge on any atom is -0.274 e. The maximum Gasteiger partial charge on any atom is 0.269 e. The zero-order valence-corrected chi connectivity index (χ0v) is 17.8. The van der Waals surface area contributed by atoms with Gasteiger partial charge in [0.25, 0.3) is 10.0 Å². The number of hydrogen-bond donors (Lipinski definition) is 0. The Balaban J connectivity index is 1.70. The lowest BCUT2D eigenvalue weighted by Gasteiger charge is -2.16. The van der Waals surface area contributed by atoms with Crippen LogP contribution in [0.2, 0.25) is 0 Å². The molecule has 2 atom stereocenters. The second-order valence-corrected chi connectivity index (χ2v) is 9.90. The summed E-state index contributed by atoms with van der Waals surface area (Å²) in [6.07, 6.45) is 6.06. The number of aryl methyl sites for hydroxylation is 1. The van der Waals surface area contributed by atoms with Crippen LogP contribution in [0, 0.1) is 12.8 Å². The minimum absolute atomic E-state index is 0.222. The van der Waals surface area contributed by atoms with Crippen LogP contribution in [0.15, 0.2) is 59.8 Å². The Hall–Kier alpha value is -3.00. The molecule has 8 heteroatoms. The predicted molar refractivity (Wildman–Crippen MR) is 115 cm³/mol. The first kappa shape index (κ1) is 19.0. The van der Waals surface area contributed by atoms with E-state index in [1.165, 1.54) is 9.55 Å². The summed E-state index contributed by atoms with van der Waals surface area (Å²) in [7, 11) is -3.76. The smallest absolute Gasteiger partial charge is 0.269 e. The molecule has 0 spiro atoms. The molecule has 7 nitrogen and oxygen atoms in total. The quantitative estimate of drug-likeness (QED) is 0.464. The average Bonchev–Trinajstić information content (AvgIpc) is 3.43. The molecule has 1 aliphatic carbocycles. The third-order valence-electron chi connectivity index (χ3n) is 6.12. The van der Waals surface area contributed by atoms with Gasteiger partial charge in [-0.3, -0.25) is 4.40 Å². The van der Waals surface area contributed by atoms with Crippen molar-refractivity contribution in [2.24, 2.45) is 5.92 Å². The van der Waals surface area contributed by atoms with Gasteiger partial charge in [-0.1, -0.05) is 43.2 Å². The molecule has 154 valence electrons. The molecule has 5 rings (SSSR count). The summed E-state index contributed by atoms with van der Waals surface area (Å²) >= 11 is 0. The molecule has 2 unspecified atom stereocenters. The van der Waals surface area contributed by atoms with Crippen LogP contribution in [0.1, 0.15) is 43.5 Å². The maximum absolute atomic E-state index is 13.2. The third kappa shape index (κ3) is 2.78. The van der Waals surface area contributed by atoms with Crippen LogP contribution in [0.25, 0.3) is 16.8 Å². The molecule has 1 aromatic carbocycles. The van der Waals surface area contributed by atoms with Gasteiger partial charge in [0.2, 0.25) is 0 Å². The van der Waals surface area contributed by atoms with Crippen LogP contribution < -0.4 is 0 Å². The van der Waals surface area contributed by atoms with Crippen molar-refractivity contribution in [1.29, 1.82) is 0 Å². The molecule has 0 radical (unpaired) electrons. The first-order valence-electron chi connectivity index (χ1n) is 10.1. The fourth-order valence-corrected chi connectivity index (χ4v) is 5.81. The van der Waals surface area contributed by atoms with Gasteiger partial charge < -0.3 is 0 Å². The third-order valence-corrected chi connectivity index (χ3v) is 7.80. The van der Waals surface area contributed by atoms with Crippen molar-refractivity contribution in [3.63, 3.8) is 0 Å². The number of allylic oxidation sites excluding steroid dienone is 1. The van der Waals surface area contributed by atoms with E-state index in [4.69, 9.17) is 0 Å². The first-order valence-corrected chi connectivity index (χ1v) is 11.5. The number of hydrogen-bond acceptors (Lipinski definition) is 5. The van der Waals surface area contributed by atoms with Crippen LogP contribution in [0.3, 0.4) is 0 Å². The zero-order valence-electron chi connectivity index (χ0n) is 17.0. The van der Waals surface area contributed by atoms with Gasteiger partial charge in [-0.2, -0.15) is 0 Å². The molecule has 0 bridgehead atoms. The van der Waals surface area contributed by atoms with Crippen LogP contribution >= 0.6 is 0 Å². The molecule has 3 heterocycles. The van der Waals surface area contributed by atoms with Gasteiger partial charge in [0, 0.05) is 12.1 Å². The highest BCUT2D eigenvalue weighted by Gasteiger charge is 2.33. The van der Waals surface area contributed by atoms with Gasteiger partial charge in [0.05, 0.1) is 16.6 Å². The topological polar surface area (TPSA) is 82.2 Å². The molecule has 0 aliphatic heterocycles. The number of fused-ring (bicyclic) bond motifs is 3. The number of benzene rings is 1. The van der Waals surface area contributed by atoms with Crippen molar-refractivity contribution < 1.29 is 8.42 Å². The van der Waals surface area contributed by atoms with Gasteiger partial charge in [0.15, 0.2) is 11.3 Å². The van der Waals surface area contributed by atoms with E-state index in [0.717, 1.165) is 30.7 Å². The van der Waals surface area contributed by atoms with Crippen LogP contribution in [-0.4, -0.2) is 32.0 Å². The zero-order chi connectivity index (χ0) is 21.0. The highest BCUT2D eigenvalue weighted by molar-refractivity contribution is 7.90. The van der Waals surface area contributed by atoms with Crippen LogP contribution in [-0.2, 0) is 10.0 Å². The molecule has 3 aromatic heterocycles. The van der Waals surface area contributed by atoms with Crippen molar-refractivity contribution >= 4 is 26.8 Å². The van der Waals surface area contributed by atoms with E-state index in [1.807, 2.05) is 11.3 Å². The van der Waals surface area contributed by atoms with Crippen LogP contribution in [0.5, 0.6) is 0 Å². The van der Waals surface area contributed by atoms with E-state index in [1.54, 1.807) is 42.7 Å². The highest BCUT2D eigenvalue weighted by Crippen LogP contribution is 2.43. The summed E-state index contributed by atoms with van der Waals surface area (Å²) < 4.78 is 29.7. The lowest BCUT2D eigenvalue weighted by Crippen LogP contribution is -2.13. The van der Waals surface area contributed by atoms with E-state index >= 15 is 0 Å². The molecule has 1 aliphatic rings. The van der Waals surface area contributed by atoms with E-state index in [-0.39, 0.29) is 10.8 Å². The van der Waals surface area contributed by atoms with Crippen molar-refractivity contribution in [3.05, 3.63) is 66.3 Å². The van der Waals surface area contributed by atoms with Crippen molar-refractivity contribution in [2.75, 3.05) is 0 Å². The Labute approximate surface area is 175 Å². The Morgan fingerprint density at radius 2 is 1.90 bits per heavy atom. The average molecular weight is 422 g/mol. The van der Waals surface area contributed by atoms with Crippen LogP contribution in [0.4, 0.5) is 0 Å². The largest absolute Gasteiger partial charge is 0.274 e. The molecule has 1 saturated carbocycles. The molecule has 30 heavy (non-hydrogen) atoms. The van der Waals surface area contributed by atoms with Crippen molar-refractivity contribution in [2.45, 2.75) is 43.9 Å². The Bertz CT molecular complexity index is 1380. The van der Waals surface area contributed by atoms with Crippen molar-refractivity contribution in [1.82, 2.24) is 23.6 Å². The van der Waals surface area contributed by atoms with Gasteiger partial charge in [0.1, 0.15) is 5.82 Å². The van der Waals surface area contributed by atoms with E-state index in [0.29, 0.717) is 22.7 Å². The number of rotatable bonds is 4. The Morgan fingerprint density at radius 3 is 2.63 bits per heavy atom. The Morgan fingerprint density at radius 1 is 1.13 bits per heavy atom. The van der Waals surface area contributed by atoms with Gasteiger partial charge in [-0.25, -0.2) is 17.4 Å². The van der Waals surface area contributed by atoms with E-state index in [2.05, 4.69) is 28.7 Å². The molecule has 0 amide bonds. The number of nitrogens with zero attached hydrogens (tertiary/aromatic N) is 5. The van der Waals surface area contributed by atoms with Crippen molar-refractivity contribution in [3.8, 4) is 0 Å². The highest BCUT2D eigenvalue weighted by atomic mass is 32.2. The molecular formula is C22H23N5O2S. The Kier molecular flexibility index (Phi) is 4.28. The fraction of sp³-hybridized carbons (Fsp3) is 0.318.